The van der Waals surface area contributed by atoms with E-state index >= 15 is 0 Å². The van der Waals surface area contributed by atoms with Gasteiger partial charge in [0.25, 0.3) is 0 Å². The van der Waals surface area contributed by atoms with Gasteiger partial charge >= 0.3 is 12.1 Å². The number of para-hydroxylation sites is 1. The maximum atomic E-state index is 13.5. The molecule has 4 aromatic carbocycles. The van der Waals surface area contributed by atoms with Crippen molar-refractivity contribution in [2.75, 3.05) is 0 Å². The van der Waals surface area contributed by atoms with Gasteiger partial charge in [0.05, 0.1) is 6.42 Å². The van der Waals surface area contributed by atoms with Crippen LogP contribution in [0.1, 0.15) is 23.1 Å². The monoisotopic (exact) mass is 494 g/mol. The highest BCUT2D eigenvalue weighted by atomic mass is 16.6. The Labute approximate surface area is 214 Å². The molecule has 0 spiro atoms. The number of carboxylic acids is 1. The molecule has 0 fully saturated rings. The first-order chi connectivity index (χ1) is 18.0. The molecule has 7 heteroatoms. The molecule has 0 aliphatic heterocycles. The number of ether oxygens (including phenoxy) is 1. The molecule has 0 saturated heterocycles. The van der Waals surface area contributed by atoms with Gasteiger partial charge in [-0.15, -0.1) is 0 Å². The van der Waals surface area contributed by atoms with Crippen LogP contribution in [0.4, 0.5) is 4.79 Å². The molecule has 0 aromatic heterocycles. The third-order valence-corrected chi connectivity index (χ3v) is 5.88. The number of benzene rings is 4. The zero-order valence-corrected chi connectivity index (χ0v) is 19.9. The van der Waals surface area contributed by atoms with Gasteiger partial charge in [0.15, 0.2) is 0 Å². The SMILES string of the molecule is O=C(C[C@H](NC(=O)Oc1ccccc1)C(=O)O)NC(c1ccccc1)(c1ccccc1)c1ccccc1. The summed E-state index contributed by atoms with van der Waals surface area (Å²) in [6.45, 7) is 0. The topological polar surface area (TPSA) is 105 Å². The second-order valence-corrected chi connectivity index (χ2v) is 8.34. The second kappa shape index (κ2) is 11.7. The standard InChI is InChI=1S/C30H26N2O5/c33-27(21-26(28(34)35)31-29(36)37-25-19-11-4-12-20-25)32-30(22-13-5-1-6-14-22,23-15-7-2-8-16-23)24-17-9-3-10-18-24/h1-20,26H,21H2,(H,31,36)(H,32,33)(H,34,35)/t26-/m0/s1. The van der Waals surface area contributed by atoms with Crippen molar-refractivity contribution in [1.29, 1.82) is 0 Å². The summed E-state index contributed by atoms with van der Waals surface area (Å²) < 4.78 is 5.14. The van der Waals surface area contributed by atoms with Gasteiger partial charge in [0.2, 0.25) is 5.91 Å². The fourth-order valence-electron chi connectivity index (χ4n) is 4.19. The highest BCUT2D eigenvalue weighted by Gasteiger charge is 2.38. The summed E-state index contributed by atoms with van der Waals surface area (Å²) in [6, 6.07) is 35.1. The lowest BCUT2D eigenvalue weighted by Crippen LogP contribution is -2.51. The van der Waals surface area contributed by atoms with Gasteiger partial charge in [-0.2, -0.15) is 0 Å². The highest BCUT2D eigenvalue weighted by Crippen LogP contribution is 2.36. The summed E-state index contributed by atoms with van der Waals surface area (Å²) in [5, 5.41) is 15.1. The van der Waals surface area contributed by atoms with Crippen LogP contribution >= 0.6 is 0 Å². The molecule has 7 nitrogen and oxygen atoms in total. The van der Waals surface area contributed by atoms with Crippen LogP contribution in [0.3, 0.4) is 0 Å². The Bertz CT molecular complexity index is 1230. The zero-order valence-electron chi connectivity index (χ0n) is 19.9. The lowest BCUT2D eigenvalue weighted by atomic mass is 9.77. The van der Waals surface area contributed by atoms with Gasteiger partial charge in [0, 0.05) is 0 Å². The first kappa shape index (κ1) is 25.2. The van der Waals surface area contributed by atoms with Crippen molar-refractivity contribution in [1.82, 2.24) is 10.6 Å². The van der Waals surface area contributed by atoms with E-state index in [-0.39, 0.29) is 5.75 Å². The van der Waals surface area contributed by atoms with E-state index in [1.165, 1.54) is 0 Å². The molecule has 4 rings (SSSR count). The normalized spacial score (nSPS) is 11.7. The number of hydrogen-bond acceptors (Lipinski definition) is 4. The summed E-state index contributed by atoms with van der Waals surface area (Å²) in [5.74, 6) is -1.67. The molecule has 0 aliphatic rings. The molecule has 0 aliphatic carbocycles. The lowest BCUT2D eigenvalue weighted by molar-refractivity contribution is -0.141. The molecule has 4 aromatic rings. The molecule has 0 unspecified atom stereocenters. The first-order valence-electron chi connectivity index (χ1n) is 11.7. The number of rotatable bonds is 9. The third-order valence-electron chi connectivity index (χ3n) is 5.88. The van der Waals surface area contributed by atoms with E-state index in [9.17, 15) is 19.5 Å². The summed E-state index contributed by atoms with van der Waals surface area (Å²) in [5.41, 5.74) is 1.28. The van der Waals surface area contributed by atoms with Crippen LogP contribution in [-0.2, 0) is 15.1 Å². The van der Waals surface area contributed by atoms with Crippen molar-refractivity contribution in [3.8, 4) is 5.75 Å². The summed E-state index contributed by atoms with van der Waals surface area (Å²) >= 11 is 0. The van der Waals surface area contributed by atoms with Crippen LogP contribution in [0.5, 0.6) is 5.75 Å². The van der Waals surface area contributed by atoms with E-state index in [4.69, 9.17) is 4.74 Å². The quantitative estimate of drug-likeness (QED) is 0.292. The van der Waals surface area contributed by atoms with Gasteiger partial charge in [-0.25, -0.2) is 9.59 Å². The predicted octanol–water partition coefficient (Wildman–Crippen LogP) is 4.73. The van der Waals surface area contributed by atoms with E-state index in [2.05, 4.69) is 10.6 Å². The fourth-order valence-corrected chi connectivity index (χ4v) is 4.19. The van der Waals surface area contributed by atoms with Crippen molar-refractivity contribution in [3.63, 3.8) is 0 Å². The van der Waals surface area contributed by atoms with E-state index in [0.29, 0.717) is 0 Å². The minimum absolute atomic E-state index is 0.254. The summed E-state index contributed by atoms with van der Waals surface area (Å²) in [7, 11) is 0. The molecular formula is C30H26N2O5. The maximum Gasteiger partial charge on any atom is 0.413 e. The maximum absolute atomic E-state index is 13.5. The first-order valence-corrected chi connectivity index (χ1v) is 11.7. The van der Waals surface area contributed by atoms with Crippen molar-refractivity contribution in [2.45, 2.75) is 18.0 Å². The van der Waals surface area contributed by atoms with Gasteiger partial charge in [0.1, 0.15) is 17.3 Å². The molecule has 3 N–H and O–H groups in total. The number of carboxylic acid groups (broad SMARTS) is 1. The van der Waals surface area contributed by atoms with E-state index in [1.807, 2.05) is 91.0 Å². The zero-order chi connectivity index (χ0) is 26.1. The molecule has 37 heavy (non-hydrogen) atoms. The van der Waals surface area contributed by atoms with Crippen LogP contribution in [0.15, 0.2) is 121 Å². The molecule has 0 saturated carbocycles. The fraction of sp³-hybridized carbons (Fsp3) is 0.100. The number of carbonyl (C=O) groups excluding carboxylic acids is 2. The second-order valence-electron chi connectivity index (χ2n) is 8.34. The van der Waals surface area contributed by atoms with Crippen molar-refractivity contribution in [3.05, 3.63) is 138 Å². The Hall–Kier alpha value is -4.91. The minimum atomic E-state index is -1.50. The molecule has 0 heterocycles. The number of carbonyl (C=O) groups is 3. The van der Waals surface area contributed by atoms with Gasteiger partial charge in [-0.1, -0.05) is 109 Å². The number of nitrogens with one attached hydrogen (secondary N) is 2. The Morgan fingerprint density at radius 3 is 1.49 bits per heavy atom. The largest absolute Gasteiger partial charge is 0.480 e. The summed E-state index contributed by atoms with van der Waals surface area (Å²) in [6.07, 6.45) is -1.47. The van der Waals surface area contributed by atoms with Crippen molar-refractivity contribution >= 4 is 18.0 Å². The van der Waals surface area contributed by atoms with Crippen LogP contribution in [0.2, 0.25) is 0 Å². The van der Waals surface area contributed by atoms with Gasteiger partial charge in [-0.3, -0.25) is 4.79 Å². The smallest absolute Gasteiger partial charge is 0.413 e. The molecule has 2 amide bonds. The van der Waals surface area contributed by atoms with Crippen molar-refractivity contribution < 1.29 is 24.2 Å². The molecule has 1 atom stereocenters. The van der Waals surface area contributed by atoms with Gasteiger partial charge < -0.3 is 20.5 Å². The Balaban J connectivity index is 1.64. The third kappa shape index (κ3) is 6.02. The Morgan fingerprint density at radius 1 is 0.676 bits per heavy atom. The van der Waals surface area contributed by atoms with Gasteiger partial charge in [-0.05, 0) is 28.8 Å². The predicted molar refractivity (Wildman–Crippen MR) is 139 cm³/mol. The van der Waals surface area contributed by atoms with Crippen molar-refractivity contribution in [2.24, 2.45) is 0 Å². The molecule has 0 radical (unpaired) electrons. The van der Waals surface area contributed by atoms with E-state index in [1.54, 1.807) is 30.3 Å². The molecule has 186 valence electrons. The summed E-state index contributed by atoms with van der Waals surface area (Å²) in [4.78, 5) is 37.7. The van der Waals surface area contributed by atoms with E-state index in [0.717, 1.165) is 16.7 Å². The highest BCUT2D eigenvalue weighted by molar-refractivity contribution is 5.88. The average molecular weight is 495 g/mol. The number of amides is 2. The number of hydrogen-bond donors (Lipinski definition) is 3. The average Bonchev–Trinajstić information content (AvgIpc) is 2.93. The van der Waals surface area contributed by atoms with Crippen LogP contribution in [-0.4, -0.2) is 29.1 Å². The van der Waals surface area contributed by atoms with Crippen LogP contribution in [0, 0.1) is 0 Å². The molecule has 0 bridgehead atoms. The minimum Gasteiger partial charge on any atom is -0.480 e. The lowest BCUT2D eigenvalue weighted by Gasteiger charge is -2.37. The van der Waals surface area contributed by atoms with Crippen LogP contribution < -0.4 is 15.4 Å². The molecular weight excluding hydrogens is 468 g/mol. The Kier molecular flexibility index (Phi) is 7.95. The number of aliphatic carboxylic acids is 1. The van der Waals surface area contributed by atoms with Crippen LogP contribution in [0.25, 0.3) is 0 Å². The van der Waals surface area contributed by atoms with E-state index < -0.39 is 36.0 Å². The Morgan fingerprint density at radius 2 is 1.08 bits per heavy atom.